The summed E-state index contributed by atoms with van der Waals surface area (Å²) in [6.07, 6.45) is 1.61. The van der Waals surface area contributed by atoms with E-state index < -0.39 is 5.92 Å². The van der Waals surface area contributed by atoms with Crippen LogP contribution in [0.1, 0.15) is 24.8 Å². The number of rotatable bonds is 5. The molecule has 4 rings (SSSR count). The van der Waals surface area contributed by atoms with Crippen molar-refractivity contribution in [2.45, 2.75) is 26.2 Å². The fourth-order valence-electron chi connectivity index (χ4n) is 4.02. The number of hydrogen-bond donors (Lipinski definition) is 1. The highest BCUT2D eigenvalue weighted by Crippen LogP contribution is 2.34. The summed E-state index contributed by atoms with van der Waals surface area (Å²) in [5.41, 5.74) is 3.19. The number of ether oxygens (including phenoxy) is 1. The fraction of sp³-hybridized carbons (Fsp3) is 0.348. The molecule has 0 spiro atoms. The third-order valence-electron chi connectivity index (χ3n) is 5.64. The van der Waals surface area contributed by atoms with Gasteiger partial charge in [-0.25, -0.2) is 0 Å². The molecule has 0 unspecified atom stereocenters. The lowest BCUT2D eigenvalue weighted by Crippen LogP contribution is -2.28. The zero-order valence-electron chi connectivity index (χ0n) is 17.2. The second kappa shape index (κ2) is 8.18. The SMILES string of the molecule is COc1ccc(C)cc1N1C[C@H](C(=O)Nc2ccc(N3CCCC3=O)cc2)CC1=O. The predicted octanol–water partition coefficient (Wildman–Crippen LogP) is 3.12. The summed E-state index contributed by atoms with van der Waals surface area (Å²) in [7, 11) is 1.57. The molecule has 7 heteroatoms. The lowest BCUT2D eigenvalue weighted by molar-refractivity contribution is -0.122. The summed E-state index contributed by atoms with van der Waals surface area (Å²) < 4.78 is 5.39. The number of nitrogens with one attached hydrogen (secondary N) is 1. The average Bonchev–Trinajstić information content (AvgIpc) is 3.34. The van der Waals surface area contributed by atoms with Crippen LogP contribution in [0.2, 0.25) is 0 Å². The third-order valence-corrected chi connectivity index (χ3v) is 5.64. The number of nitrogens with zero attached hydrogens (tertiary/aromatic N) is 2. The molecule has 3 amide bonds. The van der Waals surface area contributed by atoms with Gasteiger partial charge in [0.05, 0.1) is 18.7 Å². The number of anilines is 3. The van der Waals surface area contributed by atoms with Gasteiger partial charge in [0.1, 0.15) is 5.75 Å². The van der Waals surface area contributed by atoms with E-state index in [0.29, 0.717) is 30.1 Å². The first-order valence-corrected chi connectivity index (χ1v) is 10.1. The first kappa shape index (κ1) is 19.9. The molecule has 2 aromatic rings. The lowest BCUT2D eigenvalue weighted by atomic mass is 10.1. The molecule has 0 aliphatic carbocycles. The summed E-state index contributed by atoms with van der Waals surface area (Å²) in [5, 5.41) is 2.89. The van der Waals surface area contributed by atoms with Crippen molar-refractivity contribution >= 4 is 34.8 Å². The maximum absolute atomic E-state index is 12.8. The minimum atomic E-state index is -0.442. The molecule has 2 aliphatic rings. The smallest absolute Gasteiger partial charge is 0.229 e. The van der Waals surface area contributed by atoms with Crippen LogP contribution in [0.4, 0.5) is 17.1 Å². The van der Waals surface area contributed by atoms with Crippen molar-refractivity contribution in [3.8, 4) is 5.75 Å². The van der Waals surface area contributed by atoms with Gasteiger partial charge in [-0.1, -0.05) is 6.07 Å². The minimum Gasteiger partial charge on any atom is -0.495 e. The van der Waals surface area contributed by atoms with Crippen LogP contribution in [-0.4, -0.2) is 37.9 Å². The molecule has 7 nitrogen and oxygen atoms in total. The van der Waals surface area contributed by atoms with Crippen molar-refractivity contribution in [1.82, 2.24) is 0 Å². The minimum absolute atomic E-state index is 0.0954. The summed E-state index contributed by atoms with van der Waals surface area (Å²) in [6, 6.07) is 12.9. The Bertz CT molecular complexity index is 986. The molecule has 0 aromatic heterocycles. The van der Waals surface area contributed by atoms with Gasteiger partial charge in [0.25, 0.3) is 0 Å². The third kappa shape index (κ3) is 3.87. The molecule has 30 heavy (non-hydrogen) atoms. The summed E-state index contributed by atoms with van der Waals surface area (Å²) in [6.45, 7) is 2.99. The molecule has 0 saturated carbocycles. The van der Waals surface area contributed by atoms with Crippen LogP contribution in [0.3, 0.4) is 0 Å². The van der Waals surface area contributed by atoms with E-state index in [1.54, 1.807) is 29.0 Å². The van der Waals surface area contributed by atoms with E-state index in [9.17, 15) is 14.4 Å². The summed E-state index contributed by atoms with van der Waals surface area (Å²) >= 11 is 0. The quantitative estimate of drug-likeness (QED) is 0.826. The highest BCUT2D eigenvalue weighted by molar-refractivity contribution is 6.04. The Balaban J connectivity index is 1.43. The Morgan fingerprint density at radius 3 is 2.50 bits per heavy atom. The van der Waals surface area contributed by atoms with Gasteiger partial charge in [0.2, 0.25) is 17.7 Å². The second-order valence-electron chi connectivity index (χ2n) is 7.77. The first-order valence-electron chi connectivity index (χ1n) is 10.1. The number of hydrogen-bond acceptors (Lipinski definition) is 4. The number of carbonyl (C=O) groups excluding carboxylic acids is 3. The van der Waals surface area contributed by atoms with Gasteiger partial charge in [-0.2, -0.15) is 0 Å². The maximum Gasteiger partial charge on any atom is 0.229 e. The largest absolute Gasteiger partial charge is 0.495 e. The predicted molar refractivity (Wildman–Crippen MR) is 115 cm³/mol. The van der Waals surface area contributed by atoms with Crippen LogP contribution in [-0.2, 0) is 14.4 Å². The standard InChI is InChI=1S/C23H25N3O4/c1-15-5-10-20(30-2)19(12-15)26-14-16(13-22(26)28)23(29)24-17-6-8-18(9-7-17)25-11-3-4-21(25)27/h5-10,12,16H,3-4,11,13-14H2,1-2H3,(H,24,29)/t16-/m1/s1. The van der Waals surface area contributed by atoms with Crippen LogP contribution < -0.4 is 19.9 Å². The number of carbonyl (C=O) groups is 3. The van der Waals surface area contributed by atoms with Gasteiger partial charge < -0.3 is 19.9 Å². The molecule has 156 valence electrons. The Kier molecular flexibility index (Phi) is 5.44. The highest BCUT2D eigenvalue weighted by Gasteiger charge is 2.36. The molecule has 2 fully saturated rings. The number of aryl methyl sites for hydroxylation is 1. The zero-order valence-corrected chi connectivity index (χ0v) is 17.2. The second-order valence-corrected chi connectivity index (χ2v) is 7.77. The topological polar surface area (TPSA) is 79.0 Å². The van der Waals surface area contributed by atoms with Gasteiger partial charge >= 0.3 is 0 Å². The maximum atomic E-state index is 12.8. The lowest BCUT2D eigenvalue weighted by Gasteiger charge is -2.20. The molecule has 2 heterocycles. The van der Waals surface area contributed by atoms with Crippen LogP contribution in [0.25, 0.3) is 0 Å². The molecule has 0 bridgehead atoms. The van der Waals surface area contributed by atoms with E-state index in [1.165, 1.54) is 0 Å². The molecule has 2 aliphatic heterocycles. The van der Waals surface area contributed by atoms with E-state index in [1.807, 2.05) is 37.3 Å². The monoisotopic (exact) mass is 407 g/mol. The van der Waals surface area contributed by atoms with Crippen molar-refractivity contribution in [3.05, 3.63) is 48.0 Å². The van der Waals surface area contributed by atoms with E-state index in [4.69, 9.17) is 4.74 Å². The average molecular weight is 407 g/mol. The number of amides is 3. The molecule has 1 atom stereocenters. The summed E-state index contributed by atoms with van der Waals surface area (Å²) in [5.74, 6) is 0.0111. The zero-order chi connectivity index (χ0) is 21.3. The Morgan fingerprint density at radius 2 is 1.83 bits per heavy atom. The van der Waals surface area contributed by atoms with Gasteiger partial charge in [-0.3, -0.25) is 14.4 Å². The van der Waals surface area contributed by atoms with Crippen molar-refractivity contribution in [3.63, 3.8) is 0 Å². The molecule has 0 radical (unpaired) electrons. The van der Waals surface area contributed by atoms with Crippen molar-refractivity contribution in [1.29, 1.82) is 0 Å². The molecular formula is C23H25N3O4. The van der Waals surface area contributed by atoms with E-state index in [0.717, 1.165) is 24.2 Å². The Hall–Kier alpha value is -3.35. The van der Waals surface area contributed by atoms with E-state index >= 15 is 0 Å². The van der Waals surface area contributed by atoms with Crippen molar-refractivity contribution < 1.29 is 19.1 Å². The Labute approximate surface area is 175 Å². The van der Waals surface area contributed by atoms with E-state index in [2.05, 4.69) is 5.32 Å². The fourth-order valence-corrected chi connectivity index (χ4v) is 4.02. The molecule has 2 saturated heterocycles. The van der Waals surface area contributed by atoms with Crippen molar-refractivity contribution in [2.24, 2.45) is 5.92 Å². The van der Waals surface area contributed by atoms with Gasteiger partial charge in [0, 0.05) is 37.3 Å². The first-order chi connectivity index (χ1) is 14.5. The van der Waals surface area contributed by atoms with Crippen LogP contribution in [0.15, 0.2) is 42.5 Å². The number of methoxy groups -OCH3 is 1. The normalized spacial score (nSPS) is 18.8. The van der Waals surface area contributed by atoms with Crippen LogP contribution in [0, 0.1) is 12.8 Å². The van der Waals surface area contributed by atoms with Gasteiger partial charge in [0.15, 0.2) is 0 Å². The molecule has 2 aromatic carbocycles. The molecule has 1 N–H and O–H groups in total. The van der Waals surface area contributed by atoms with Crippen LogP contribution >= 0.6 is 0 Å². The number of benzene rings is 2. The van der Waals surface area contributed by atoms with Gasteiger partial charge in [-0.05, 0) is 55.3 Å². The molecular weight excluding hydrogens is 382 g/mol. The summed E-state index contributed by atoms with van der Waals surface area (Å²) in [4.78, 5) is 40.6. The van der Waals surface area contributed by atoms with Gasteiger partial charge in [-0.15, -0.1) is 0 Å². The van der Waals surface area contributed by atoms with Crippen LogP contribution in [0.5, 0.6) is 5.75 Å². The van der Waals surface area contributed by atoms with E-state index in [-0.39, 0.29) is 24.1 Å². The van der Waals surface area contributed by atoms with Crippen molar-refractivity contribution in [2.75, 3.05) is 35.3 Å². The Morgan fingerprint density at radius 1 is 1.07 bits per heavy atom. The highest BCUT2D eigenvalue weighted by atomic mass is 16.5.